The number of carbonyl (C=O) groups is 1. The molecule has 0 aliphatic carbocycles. The fourth-order valence-electron chi connectivity index (χ4n) is 1.31. The van der Waals surface area contributed by atoms with Crippen molar-refractivity contribution >= 4 is 41.6 Å². The van der Waals surface area contributed by atoms with Crippen LogP contribution in [0, 0.1) is 5.82 Å². The molecule has 0 radical (unpaired) electrons. The van der Waals surface area contributed by atoms with Crippen LogP contribution in [-0.4, -0.2) is 19.9 Å². The van der Waals surface area contributed by atoms with E-state index >= 15 is 0 Å². The predicted molar refractivity (Wildman–Crippen MR) is 74.4 cm³/mol. The van der Waals surface area contributed by atoms with Gasteiger partial charge in [0.1, 0.15) is 4.90 Å². The van der Waals surface area contributed by atoms with Crippen molar-refractivity contribution in [2.45, 2.75) is 31.2 Å². The van der Waals surface area contributed by atoms with E-state index in [4.69, 9.17) is 10.7 Å². The summed E-state index contributed by atoms with van der Waals surface area (Å²) in [6.07, 6.45) is 0. The molecular weight excluding hydrogens is 361 g/mol. The Labute approximate surface area is 123 Å². The zero-order valence-electron chi connectivity index (χ0n) is 10.4. The van der Waals surface area contributed by atoms with Gasteiger partial charge in [-0.1, -0.05) is 15.9 Å². The Morgan fingerprint density at radius 1 is 1.37 bits per heavy atom. The summed E-state index contributed by atoms with van der Waals surface area (Å²) in [6, 6.07) is 2.20. The number of carbonyl (C=O) groups excluding carboxylic acids is 1. The molecule has 1 rings (SSSR count). The van der Waals surface area contributed by atoms with Gasteiger partial charge in [0.15, 0.2) is 5.82 Å². The van der Waals surface area contributed by atoms with E-state index in [-0.39, 0.29) is 10.0 Å². The van der Waals surface area contributed by atoms with Crippen LogP contribution in [-0.2, 0) is 9.05 Å². The van der Waals surface area contributed by atoms with Crippen LogP contribution in [0.1, 0.15) is 31.1 Å². The van der Waals surface area contributed by atoms with Crippen molar-refractivity contribution in [2.24, 2.45) is 0 Å². The van der Waals surface area contributed by atoms with E-state index in [0.29, 0.717) is 0 Å². The molecule has 0 aliphatic heterocycles. The standard InChI is InChI=1S/C11H12BrClFNO3S/c1-11(2,3)15-10(16)7-4-6(12)5-8(9(7)14)19(13,17)18/h4-5H,1-3H3,(H,15,16). The quantitative estimate of drug-likeness (QED) is 0.812. The van der Waals surface area contributed by atoms with Crippen LogP contribution in [0.3, 0.4) is 0 Å². The number of rotatable bonds is 2. The number of hydrogen-bond donors (Lipinski definition) is 1. The second-order valence-electron chi connectivity index (χ2n) is 4.91. The van der Waals surface area contributed by atoms with Crippen molar-refractivity contribution in [3.63, 3.8) is 0 Å². The molecule has 0 unspecified atom stereocenters. The van der Waals surface area contributed by atoms with Gasteiger partial charge in [0.05, 0.1) is 5.56 Å². The minimum Gasteiger partial charge on any atom is -0.347 e. The Hall–Kier alpha value is -0.660. The monoisotopic (exact) mass is 371 g/mol. The first-order valence-corrected chi connectivity index (χ1v) is 8.28. The van der Waals surface area contributed by atoms with Gasteiger partial charge in [-0.05, 0) is 32.9 Å². The van der Waals surface area contributed by atoms with E-state index in [2.05, 4.69) is 21.2 Å². The van der Waals surface area contributed by atoms with Gasteiger partial charge in [0.2, 0.25) is 0 Å². The Bertz CT molecular complexity index is 626. The average Bonchev–Trinajstić information content (AvgIpc) is 2.16. The summed E-state index contributed by atoms with van der Waals surface area (Å²) in [5.41, 5.74) is -0.963. The van der Waals surface area contributed by atoms with Gasteiger partial charge in [-0.3, -0.25) is 4.79 Å². The van der Waals surface area contributed by atoms with Gasteiger partial charge < -0.3 is 5.32 Å². The van der Waals surface area contributed by atoms with E-state index < -0.39 is 31.2 Å². The smallest absolute Gasteiger partial charge is 0.264 e. The van der Waals surface area contributed by atoms with Crippen molar-refractivity contribution in [2.75, 3.05) is 0 Å². The minimum absolute atomic E-state index is 0.243. The zero-order chi connectivity index (χ0) is 15.0. The Balaban J connectivity index is 3.38. The lowest BCUT2D eigenvalue weighted by atomic mass is 10.1. The molecule has 1 amide bonds. The molecule has 1 aromatic rings. The first-order valence-electron chi connectivity index (χ1n) is 5.18. The molecule has 0 spiro atoms. The third-order valence-corrected chi connectivity index (χ3v) is 3.78. The van der Waals surface area contributed by atoms with Crippen molar-refractivity contribution in [1.29, 1.82) is 0 Å². The molecule has 4 nitrogen and oxygen atoms in total. The second kappa shape index (κ2) is 5.38. The maximum absolute atomic E-state index is 14.0. The summed E-state index contributed by atoms with van der Waals surface area (Å²) < 4.78 is 36.7. The highest BCUT2D eigenvalue weighted by molar-refractivity contribution is 9.10. The summed E-state index contributed by atoms with van der Waals surface area (Å²) in [4.78, 5) is 11.2. The Morgan fingerprint density at radius 2 is 1.89 bits per heavy atom. The van der Waals surface area contributed by atoms with Gasteiger partial charge in [-0.15, -0.1) is 0 Å². The van der Waals surface area contributed by atoms with Gasteiger partial charge >= 0.3 is 0 Å². The van der Waals surface area contributed by atoms with Crippen molar-refractivity contribution < 1.29 is 17.6 Å². The predicted octanol–water partition coefficient (Wildman–Crippen LogP) is 3.04. The minimum atomic E-state index is -4.27. The topological polar surface area (TPSA) is 63.2 Å². The van der Waals surface area contributed by atoms with Crippen LogP contribution in [0.15, 0.2) is 21.5 Å². The molecule has 0 saturated heterocycles. The lowest BCUT2D eigenvalue weighted by Crippen LogP contribution is -2.41. The van der Waals surface area contributed by atoms with E-state index in [1.165, 1.54) is 6.07 Å². The number of benzene rings is 1. The number of halogens is 3. The average molecular weight is 373 g/mol. The van der Waals surface area contributed by atoms with Gasteiger partial charge in [0, 0.05) is 20.7 Å². The molecule has 1 N–H and O–H groups in total. The van der Waals surface area contributed by atoms with Crippen LogP contribution >= 0.6 is 26.6 Å². The highest BCUT2D eigenvalue weighted by atomic mass is 79.9. The first-order chi connectivity index (χ1) is 8.42. The van der Waals surface area contributed by atoms with E-state index in [0.717, 1.165) is 6.07 Å². The lowest BCUT2D eigenvalue weighted by Gasteiger charge is -2.21. The Kier molecular flexibility index (Phi) is 4.64. The number of hydrogen-bond acceptors (Lipinski definition) is 3. The fourth-order valence-corrected chi connectivity index (χ4v) is 2.85. The summed E-state index contributed by atoms with van der Waals surface area (Å²) in [5.74, 6) is -1.88. The highest BCUT2D eigenvalue weighted by Crippen LogP contribution is 2.26. The summed E-state index contributed by atoms with van der Waals surface area (Å²) in [5, 5.41) is 2.54. The summed E-state index contributed by atoms with van der Waals surface area (Å²) >= 11 is 3.02. The number of amides is 1. The Morgan fingerprint density at radius 3 is 2.32 bits per heavy atom. The van der Waals surface area contributed by atoms with Crippen LogP contribution in [0.2, 0.25) is 0 Å². The maximum Gasteiger partial charge on any atom is 0.264 e. The molecule has 106 valence electrons. The largest absolute Gasteiger partial charge is 0.347 e. The van der Waals surface area contributed by atoms with Gasteiger partial charge in [0.25, 0.3) is 15.0 Å². The van der Waals surface area contributed by atoms with E-state index in [1.54, 1.807) is 20.8 Å². The third-order valence-electron chi connectivity index (χ3n) is 2.00. The molecule has 0 heterocycles. The van der Waals surface area contributed by atoms with Crippen LogP contribution < -0.4 is 5.32 Å². The molecule has 0 fully saturated rings. The molecule has 0 atom stereocenters. The van der Waals surface area contributed by atoms with Crippen molar-refractivity contribution in [1.82, 2.24) is 5.32 Å². The second-order valence-corrected chi connectivity index (χ2v) is 8.36. The van der Waals surface area contributed by atoms with Crippen LogP contribution in [0.4, 0.5) is 4.39 Å². The normalized spacial score (nSPS) is 12.3. The number of nitrogens with one attached hydrogen (secondary N) is 1. The highest BCUT2D eigenvalue weighted by Gasteiger charge is 2.25. The molecule has 19 heavy (non-hydrogen) atoms. The summed E-state index contributed by atoms with van der Waals surface area (Å²) in [6.45, 7) is 5.17. The molecule has 0 saturated carbocycles. The first kappa shape index (κ1) is 16.4. The molecule has 0 aliphatic rings. The molecular formula is C11H12BrClFNO3S. The third kappa shape index (κ3) is 4.43. The SMILES string of the molecule is CC(C)(C)NC(=O)c1cc(Br)cc(S(=O)(=O)Cl)c1F. The van der Waals surface area contributed by atoms with Gasteiger partial charge in [-0.2, -0.15) is 0 Å². The van der Waals surface area contributed by atoms with Crippen molar-refractivity contribution in [3.05, 3.63) is 28.0 Å². The lowest BCUT2D eigenvalue weighted by molar-refractivity contribution is 0.0915. The molecule has 8 heteroatoms. The summed E-state index contributed by atoms with van der Waals surface area (Å²) in [7, 11) is 0.857. The van der Waals surface area contributed by atoms with Crippen molar-refractivity contribution in [3.8, 4) is 0 Å². The zero-order valence-corrected chi connectivity index (χ0v) is 13.6. The van der Waals surface area contributed by atoms with E-state index in [9.17, 15) is 17.6 Å². The molecule has 0 bridgehead atoms. The van der Waals surface area contributed by atoms with Crippen LogP contribution in [0.25, 0.3) is 0 Å². The maximum atomic E-state index is 14.0. The molecule has 1 aromatic carbocycles. The fraction of sp³-hybridized carbons (Fsp3) is 0.364. The molecule has 0 aromatic heterocycles. The van der Waals surface area contributed by atoms with Crippen LogP contribution in [0.5, 0.6) is 0 Å². The van der Waals surface area contributed by atoms with Gasteiger partial charge in [-0.25, -0.2) is 12.8 Å². The van der Waals surface area contributed by atoms with E-state index in [1.807, 2.05) is 0 Å².